The van der Waals surface area contributed by atoms with Crippen molar-refractivity contribution in [3.63, 3.8) is 0 Å². The van der Waals surface area contributed by atoms with Gasteiger partial charge in [0.05, 0.1) is 33.3 Å². The van der Waals surface area contributed by atoms with Gasteiger partial charge in [-0.1, -0.05) is 117 Å². The van der Waals surface area contributed by atoms with Gasteiger partial charge in [0.25, 0.3) is 5.56 Å². The Balaban J connectivity index is 0.917. The largest absolute Gasteiger partial charge is 0.497 e. The zero-order valence-corrected chi connectivity index (χ0v) is 36.1. The molecule has 2 aromatic heterocycles. The molecule has 0 aliphatic heterocycles. The normalized spacial score (nSPS) is 12.7. The maximum Gasteiger partial charge on any atom is 0.407 e. The van der Waals surface area contributed by atoms with E-state index in [1.807, 2.05) is 129 Å². The number of nitrogens with zero attached hydrogens (tertiary/aromatic N) is 3. The molecular weight excluding hydrogens is 813 g/mol. The number of carbonyl (C=O) groups excluding carboxylic acids is 2. The molecule has 0 unspecified atom stereocenters. The van der Waals surface area contributed by atoms with Crippen molar-refractivity contribution < 1.29 is 33.3 Å². The molecule has 0 radical (unpaired) electrons. The number of alkyl carbamates (subject to hydrolysis) is 1. The van der Waals surface area contributed by atoms with Crippen LogP contribution in [-0.2, 0) is 31.3 Å². The molecule has 2 heterocycles. The summed E-state index contributed by atoms with van der Waals surface area (Å²) >= 11 is 0. The van der Waals surface area contributed by atoms with Gasteiger partial charge in [0.2, 0.25) is 11.9 Å². The molecule has 8 rings (SSSR count). The van der Waals surface area contributed by atoms with E-state index in [0.717, 1.165) is 50.4 Å². The van der Waals surface area contributed by atoms with E-state index in [-0.39, 0.29) is 61.9 Å². The third-order valence-electron chi connectivity index (χ3n) is 11.5. The van der Waals surface area contributed by atoms with Crippen molar-refractivity contribution >= 4 is 29.1 Å². The lowest BCUT2D eigenvalue weighted by molar-refractivity contribution is -0.116. The summed E-state index contributed by atoms with van der Waals surface area (Å²) in [5, 5.41) is 5.27. The predicted molar refractivity (Wildman–Crippen MR) is 242 cm³/mol. The van der Waals surface area contributed by atoms with Crippen molar-refractivity contribution in [1.82, 2.24) is 24.8 Å². The van der Waals surface area contributed by atoms with Crippen LogP contribution in [-0.4, -0.2) is 71.6 Å². The van der Waals surface area contributed by atoms with Gasteiger partial charge in [-0.3, -0.25) is 24.5 Å². The predicted octanol–water partition coefficient (Wildman–Crippen LogP) is 8.01. The first-order valence-electron chi connectivity index (χ1n) is 21.1. The second-order valence-corrected chi connectivity index (χ2v) is 15.7. The highest BCUT2D eigenvalue weighted by atomic mass is 16.6. The van der Waals surface area contributed by atoms with Crippen molar-refractivity contribution in [2.75, 3.05) is 39.3 Å². The first-order valence-corrected chi connectivity index (χ1v) is 21.1. The van der Waals surface area contributed by atoms with Crippen LogP contribution >= 0.6 is 0 Å². The molecule has 5 aromatic carbocycles. The third-order valence-corrected chi connectivity index (χ3v) is 11.5. The number of carbonyl (C=O) groups is 2. The molecule has 64 heavy (non-hydrogen) atoms. The Hall–Kier alpha value is -7.29. The highest BCUT2D eigenvalue weighted by Gasteiger charge is 2.39. The number of imidazole rings is 1. The minimum Gasteiger partial charge on any atom is -0.497 e. The molecule has 0 saturated heterocycles. The average Bonchev–Trinajstić information content (AvgIpc) is 3.88. The second kappa shape index (κ2) is 19.4. The number of hydrogen-bond donors (Lipinski definition) is 3. The van der Waals surface area contributed by atoms with E-state index in [2.05, 4.69) is 37.7 Å². The van der Waals surface area contributed by atoms with E-state index in [4.69, 9.17) is 23.7 Å². The molecule has 0 spiro atoms. The lowest BCUT2D eigenvalue weighted by Gasteiger charge is -2.37. The summed E-state index contributed by atoms with van der Waals surface area (Å²) in [5.74, 6) is 0.807. The van der Waals surface area contributed by atoms with Gasteiger partial charge in [-0.05, 0) is 69.1 Å². The fourth-order valence-electron chi connectivity index (χ4n) is 8.12. The van der Waals surface area contributed by atoms with E-state index in [0.29, 0.717) is 0 Å². The fraction of sp³-hybridized carbons (Fsp3) is 0.260. The molecular formula is C50H50N6O8. The van der Waals surface area contributed by atoms with Crippen LogP contribution in [0.4, 0.5) is 10.7 Å². The number of amides is 2. The van der Waals surface area contributed by atoms with Gasteiger partial charge in [0.15, 0.2) is 11.2 Å². The van der Waals surface area contributed by atoms with Crippen LogP contribution in [0.2, 0.25) is 0 Å². The summed E-state index contributed by atoms with van der Waals surface area (Å²) in [6, 6.07) is 41.8. The van der Waals surface area contributed by atoms with Crippen molar-refractivity contribution in [2.45, 2.75) is 44.6 Å². The van der Waals surface area contributed by atoms with Crippen LogP contribution in [0, 0.1) is 5.92 Å². The van der Waals surface area contributed by atoms with Crippen molar-refractivity contribution in [3.05, 3.63) is 172 Å². The molecule has 0 saturated carbocycles. The molecule has 2 amide bonds. The number of aromatic amines is 1. The Morgan fingerprint density at radius 1 is 0.781 bits per heavy atom. The summed E-state index contributed by atoms with van der Waals surface area (Å²) in [7, 11) is 3.26. The minimum atomic E-state index is -1.05. The molecule has 7 aromatic rings. The Morgan fingerprint density at radius 2 is 1.36 bits per heavy atom. The van der Waals surface area contributed by atoms with Crippen LogP contribution < -0.4 is 25.7 Å². The summed E-state index contributed by atoms with van der Waals surface area (Å²) in [6.45, 7) is 4.41. The molecule has 0 bridgehead atoms. The number of hydrogen-bond acceptors (Lipinski definition) is 10. The van der Waals surface area contributed by atoms with Gasteiger partial charge in [-0.15, -0.1) is 0 Å². The summed E-state index contributed by atoms with van der Waals surface area (Å²) in [6.07, 6.45) is 0.311. The first kappa shape index (κ1) is 43.4. The maximum atomic E-state index is 13.1. The van der Waals surface area contributed by atoms with Gasteiger partial charge in [-0.25, -0.2) is 9.78 Å². The molecule has 1 atom stereocenters. The number of H-pyrrole nitrogens is 1. The zero-order chi connectivity index (χ0) is 44.6. The van der Waals surface area contributed by atoms with Crippen LogP contribution in [0.25, 0.3) is 22.3 Å². The molecule has 14 nitrogen and oxygen atoms in total. The van der Waals surface area contributed by atoms with Gasteiger partial charge < -0.3 is 29.0 Å². The average molecular weight is 863 g/mol. The number of fused-ring (bicyclic) bond motifs is 4. The fourth-order valence-corrected chi connectivity index (χ4v) is 8.12. The van der Waals surface area contributed by atoms with E-state index >= 15 is 0 Å². The van der Waals surface area contributed by atoms with E-state index in [1.54, 1.807) is 18.8 Å². The quantitative estimate of drug-likeness (QED) is 0.0719. The number of benzene rings is 5. The maximum absolute atomic E-state index is 13.1. The number of methoxy groups -OCH3 is 2. The Kier molecular flexibility index (Phi) is 13.1. The number of rotatable bonds is 18. The summed E-state index contributed by atoms with van der Waals surface area (Å²) in [4.78, 5) is 50.1. The highest BCUT2D eigenvalue weighted by molar-refractivity contribution is 5.90. The summed E-state index contributed by atoms with van der Waals surface area (Å²) < 4.78 is 31.8. The SMILES string of the molecule is COc1ccc(C(OC[C@@H](OCn2cnc3c(=O)[nH]c(NC(=O)CCNC(=O)OCC4c5ccccc5-c5ccccc54)nc32)C(C)C)(c2ccccc2)c2ccc(OC)cc2)cc1. The van der Waals surface area contributed by atoms with Gasteiger partial charge in [-0.2, -0.15) is 4.98 Å². The van der Waals surface area contributed by atoms with E-state index in [9.17, 15) is 14.4 Å². The third kappa shape index (κ3) is 9.10. The van der Waals surface area contributed by atoms with Gasteiger partial charge in [0, 0.05) is 18.9 Å². The minimum absolute atomic E-state index is 0.00189. The Labute approximate surface area is 370 Å². The van der Waals surface area contributed by atoms with Gasteiger partial charge >= 0.3 is 6.09 Å². The van der Waals surface area contributed by atoms with Crippen molar-refractivity contribution in [1.29, 1.82) is 0 Å². The monoisotopic (exact) mass is 862 g/mol. The highest BCUT2D eigenvalue weighted by Crippen LogP contribution is 2.45. The zero-order valence-electron chi connectivity index (χ0n) is 36.1. The molecule has 3 N–H and O–H groups in total. The molecule has 1 aliphatic carbocycles. The molecule has 14 heteroatoms. The summed E-state index contributed by atoms with van der Waals surface area (Å²) in [5.41, 5.74) is 5.87. The molecule has 328 valence electrons. The Morgan fingerprint density at radius 3 is 1.95 bits per heavy atom. The van der Waals surface area contributed by atoms with E-state index < -0.39 is 29.3 Å². The van der Waals surface area contributed by atoms with E-state index in [1.165, 1.54) is 6.33 Å². The van der Waals surface area contributed by atoms with Crippen LogP contribution in [0.15, 0.2) is 139 Å². The van der Waals surface area contributed by atoms with Crippen molar-refractivity contribution in [2.24, 2.45) is 5.92 Å². The topological polar surface area (TPSA) is 168 Å². The van der Waals surface area contributed by atoms with Crippen LogP contribution in [0.5, 0.6) is 11.5 Å². The second-order valence-electron chi connectivity index (χ2n) is 15.7. The Bertz CT molecular complexity index is 2680. The van der Waals surface area contributed by atoms with Crippen LogP contribution in [0.3, 0.4) is 0 Å². The first-order chi connectivity index (χ1) is 31.2. The standard InChI is InChI=1S/C50H50N6O8/c1-32(2)43(29-64-50(33-12-6-5-7-13-33,34-18-22-36(60-3)23-19-34)35-20-24-37(61-4)25-21-35)63-31-56-30-52-45-46(56)54-48(55-47(45)58)53-44(57)26-27-51-49(59)62-28-42-40-16-10-8-14-38(40)39-15-9-11-17-41(39)42/h5-25,30,32,42-43H,26-29,31H2,1-4H3,(H,51,59)(H2,53,54,55,57,58)/t43-/m1/s1. The number of ether oxygens (including phenoxy) is 5. The number of aromatic nitrogens is 4. The lowest BCUT2D eigenvalue weighted by Crippen LogP contribution is -2.38. The number of anilines is 1. The van der Waals surface area contributed by atoms with Gasteiger partial charge in [0.1, 0.15) is 30.4 Å². The number of nitrogens with one attached hydrogen (secondary N) is 3. The molecule has 0 fully saturated rings. The molecule has 1 aliphatic rings. The smallest absolute Gasteiger partial charge is 0.407 e. The lowest BCUT2D eigenvalue weighted by atomic mass is 9.80. The van der Waals surface area contributed by atoms with Crippen molar-refractivity contribution in [3.8, 4) is 22.6 Å². The van der Waals surface area contributed by atoms with Crippen LogP contribution in [0.1, 0.15) is 54.0 Å².